The highest BCUT2D eigenvalue weighted by atomic mass is 19.4. The molecule has 2 heterocycles. The number of pyridine rings is 1. The summed E-state index contributed by atoms with van der Waals surface area (Å²) in [6, 6.07) is 17.0. The molecular weight excluding hydrogens is 381 g/mol. The summed E-state index contributed by atoms with van der Waals surface area (Å²) in [4.78, 5) is 12.7. The van der Waals surface area contributed by atoms with Crippen LogP contribution in [0.15, 0.2) is 72.9 Å². The number of nitrogens with zero attached hydrogens (tertiary/aromatic N) is 3. The molecule has 0 unspecified atom stereocenters. The number of hydrogen-bond donors (Lipinski definition) is 1. The van der Waals surface area contributed by atoms with Gasteiger partial charge < -0.3 is 5.32 Å². The lowest BCUT2D eigenvalue weighted by Gasteiger charge is -2.11. The minimum absolute atomic E-state index is 0.158. The minimum atomic E-state index is -4.41. The molecule has 5 nitrogen and oxygen atoms in total. The molecule has 146 valence electrons. The Morgan fingerprint density at radius 1 is 0.931 bits per heavy atom. The Balaban J connectivity index is 1.57. The molecule has 0 saturated heterocycles. The van der Waals surface area contributed by atoms with E-state index < -0.39 is 11.7 Å². The van der Waals surface area contributed by atoms with Gasteiger partial charge in [0.1, 0.15) is 0 Å². The van der Waals surface area contributed by atoms with Crippen LogP contribution in [0.25, 0.3) is 16.8 Å². The fourth-order valence-corrected chi connectivity index (χ4v) is 3.04. The zero-order valence-electron chi connectivity index (χ0n) is 15.0. The highest BCUT2D eigenvalue weighted by Gasteiger charge is 2.30. The third-order valence-electron chi connectivity index (χ3n) is 4.49. The first-order valence-corrected chi connectivity index (χ1v) is 8.77. The van der Waals surface area contributed by atoms with Crippen molar-refractivity contribution < 1.29 is 18.0 Å². The van der Waals surface area contributed by atoms with Crippen molar-refractivity contribution >= 4 is 11.6 Å². The Morgan fingerprint density at radius 2 is 1.66 bits per heavy atom. The lowest BCUT2D eigenvalue weighted by molar-refractivity contribution is -0.137. The van der Waals surface area contributed by atoms with Crippen molar-refractivity contribution in [2.45, 2.75) is 12.7 Å². The average Bonchev–Trinajstić information content (AvgIpc) is 3.15. The van der Waals surface area contributed by atoms with E-state index in [1.807, 2.05) is 12.1 Å². The molecule has 0 saturated carbocycles. The summed E-state index contributed by atoms with van der Waals surface area (Å²) in [7, 11) is 0. The summed E-state index contributed by atoms with van der Waals surface area (Å²) in [5.74, 6) is 0.217. The van der Waals surface area contributed by atoms with Crippen LogP contribution in [0.3, 0.4) is 0 Å². The molecule has 0 atom stereocenters. The van der Waals surface area contributed by atoms with E-state index in [-0.39, 0.29) is 12.5 Å². The molecule has 8 heteroatoms. The first-order chi connectivity index (χ1) is 13.9. The topological polar surface area (TPSA) is 59.3 Å². The second kappa shape index (κ2) is 7.38. The van der Waals surface area contributed by atoms with Crippen LogP contribution in [0.4, 0.5) is 13.2 Å². The van der Waals surface area contributed by atoms with Gasteiger partial charge in [0.15, 0.2) is 11.5 Å². The van der Waals surface area contributed by atoms with Crippen LogP contribution in [0.5, 0.6) is 0 Å². The second-order valence-corrected chi connectivity index (χ2v) is 6.35. The molecule has 2 aromatic carbocycles. The van der Waals surface area contributed by atoms with Crippen molar-refractivity contribution in [2.24, 2.45) is 0 Å². The Morgan fingerprint density at radius 3 is 2.41 bits per heavy atom. The lowest BCUT2D eigenvalue weighted by atomic mass is 9.98. The number of aromatic nitrogens is 3. The molecule has 0 aliphatic carbocycles. The zero-order chi connectivity index (χ0) is 20.4. The van der Waals surface area contributed by atoms with Gasteiger partial charge in [0.25, 0.3) is 5.91 Å². The maximum absolute atomic E-state index is 12.8. The fraction of sp³-hybridized carbons (Fsp3) is 0.0952. The summed E-state index contributed by atoms with van der Waals surface area (Å²) in [5.41, 5.74) is 1.37. The Hall–Kier alpha value is -3.68. The third kappa shape index (κ3) is 3.82. The molecule has 4 rings (SSSR count). The number of carbonyl (C=O) groups excluding carboxylic acids is 1. The van der Waals surface area contributed by atoms with Crippen molar-refractivity contribution in [3.05, 3.63) is 89.9 Å². The molecule has 0 radical (unpaired) electrons. The number of rotatable bonds is 4. The van der Waals surface area contributed by atoms with Gasteiger partial charge >= 0.3 is 6.18 Å². The summed E-state index contributed by atoms with van der Waals surface area (Å²) < 4.78 is 40.2. The van der Waals surface area contributed by atoms with Crippen LogP contribution in [0.2, 0.25) is 0 Å². The van der Waals surface area contributed by atoms with Gasteiger partial charge in [0, 0.05) is 11.8 Å². The maximum atomic E-state index is 12.8. The van der Waals surface area contributed by atoms with Gasteiger partial charge in [0.05, 0.1) is 12.1 Å². The van der Waals surface area contributed by atoms with Gasteiger partial charge in [-0.1, -0.05) is 36.4 Å². The van der Waals surface area contributed by atoms with E-state index in [1.54, 1.807) is 40.9 Å². The Kier molecular flexibility index (Phi) is 4.75. The number of benzene rings is 2. The quantitative estimate of drug-likeness (QED) is 0.558. The molecule has 0 aliphatic heterocycles. The van der Waals surface area contributed by atoms with Crippen LogP contribution in [0, 0.1) is 0 Å². The predicted octanol–water partition coefficient (Wildman–Crippen LogP) is 4.35. The molecule has 1 amide bonds. The predicted molar refractivity (Wildman–Crippen MR) is 101 cm³/mol. The van der Waals surface area contributed by atoms with Crippen LogP contribution < -0.4 is 5.32 Å². The number of alkyl halides is 3. The highest BCUT2D eigenvalue weighted by molar-refractivity contribution is 6.00. The normalized spacial score (nSPS) is 11.6. The first kappa shape index (κ1) is 18.7. The molecule has 29 heavy (non-hydrogen) atoms. The summed E-state index contributed by atoms with van der Waals surface area (Å²) in [6.07, 6.45) is -2.61. The number of hydrogen-bond acceptors (Lipinski definition) is 3. The summed E-state index contributed by atoms with van der Waals surface area (Å²) in [5, 5.41) is 10.9. The molecule has 0 bridgehead atoms. The van der Waals surface area contributed by atoms with Gasteiger partial charge in [-0.15, -0.1) is 10.2 Å². The van der Waals surface area contributed by atoms with Crippen LogP contribution in [-0.2, 0) is 12.7 Å². The van der Waals surface area contributed by atoms with E-state index in [0.29, 0.717) is 28.2 Å². The van der Waals surface area contributed by atoms with Gasteiger partial charge in [-0.05, 0) is 41.5 Å². The first-order valence-electron chi connectivity index (χ1n) is 8.77. The monoisotopic (exact) mass is 396 g/mol. The molecular formula is C21H15F3N4O. The zero-order valence-corrected chi connectivity index (χ0v) is 15.0. The smallest absolute Gasteiger partial charge is 0.345 e. The van der Waals surface area contributed by atoms with E-state index in [1.165, 1.54) is 12.1 Å². The van der Waals surface area contributed by atoms with Gasteiger partial charge in [-0.25, -0.2) is 0 Å². The fourth-order valence-electron chi connectivity index (χ4n) is 3.04. The van der Waals surface area contributed by atoms with Crippen LogP contribution in [-0.4, -0.2) is 20.5 Å². The van der Waals surface area contributed by atoms with Crippen LogP contribution >= 0.6 is 0 Å². The van der Waals surface area contributed by atoms with Gasteiger partial charge in [-0.3, -0.25) is 9.20 Å². The summed E-state index contributed by atoms with van der Waals surface area (Å²) >= 11 is 0. The lowest BCUT2D eigenvalue weighted by Crippen LogP contribution is -2.24. The number of amides is 1. The molecule has 2 aromatic heterocycles. The summed E-state index contributed by atoms with van der Waals surface area (Å²) in [6.45, 7) is 0.158. The molecule has 4 aromatic rings. The Labute approximate surface area is 163 Å². The van der Waals surface area contributed by atoms with Crippen molar-refractivity contribution in [1.82, 2.24) is 19.9 Å². The largest absolute Gasteiger partial charge is 0.416 e. The van der Waals surface area contributed by atoms with Crippen molar-refractivity contribution in [3.8, 4) is 11.1 Å². The SMILES string of the molecule is O=C(NCc1nnc2ccccn12)c1ccccc1-c1ccc(C(F)(F)F)cc1. The van der Waals surface area contributed by atoms with Gasteiger partial charge in [-0.2, -0.15) is 13.2 Å². The van der Waals surface area contributed by atoms with E-state index in [4.69, 9.17) is 0 Å². The minimum Gasteiger partial charge on any atom is -0.345 e. The second-order valence-electron chi connectivity index (χ2n) is 6.35. The van der Waals surface area contributed by atoms with E-state index >= 15 is 0 Å². The third-order valence-corrected chi connectivity index (χ3v) is 4.49. The van der Waals surface area contributed by atoms with E-state index in [2.05, 4.69) is 15.5 Å². The molecule has 0 aliphatic rings. The molecule has 0 fully saturated rings. The van der Waals surface area contributed by atoms with Crippen LogP contribution in [0.1, 0.15) is 21.7 Å². The number of carbonyl (C=O) groups is 1. The molecule has 0 spiro atoms. The van der Waals surface area contributed by atoms with Crippen molar-refractivity contribution in [3.63, 3.8) is 0 Å². The van der Waals surface area contributed by atoms with Crippen molar-refractivity contribution in [2.75, 3.05) is 0 Å². The highest BCUT2D eigenvalue weighted by Crippen LogP contribution is 2.31. The molecule has 1 N–H and O–H groups in total. The Bertz CT molecular complexity index is 1170. The maximum Gasteiger partial charge on any atom is 0.416 e. The number of halogens is 3. The number of fused-ring (bicyclic) bond motifs is 1. The standard InChI is InChI=1S/C21H15F3N4O/c22-21(23,24)15-10-8-14(9-11-15)16-5-1-2-6-17(16)20(29)25-13-19-27-26-18-7-3-4-12-28(18)19/h1-12H,13H2,(H,25,29). The number of nitrogens with one attached hydrogen (secondary N) is 1. The van der Waals surface area contributed by atoms with E-state index in [9.17, 15) is 18.0 Å². The van der Waals surface area contributed by atoms with E-state index in [0.717, 1.165) is 12.1 Å². The van der Waals surface area contributed by atoms with Gasteiger partial charge in [0.2, 0.25) is 0 Å². The average molecular weight is 396 g/mol. The van der Waals surface area contributed by atoms with Crippen molar-refractivity contribution in [1.29, 1.82) is 0 Å².